The maximum absolute atomic E-state index is 11.4. The average Bonchev–Trinajstić information content (AvgIpc) is 2.85. The van der Waals surface area contributed by atoms with Crippen molar-refractivity contribution in [1.82, 2.24) is 5.43 Å². The molecule has 19 heavy (non-hydrogen) atoms. The molecule has 1 heterocycles. The fourth-order valence-corrected chi connectivity index (χ4v) is 2.83. The summed E-state index contributed by atoms with van der Waals surface area (Å²) in [4.78, 5) is 12.4. The molecule has 1 aromatic heterocycles. The highest BCUT2D eigenvalue weighted by Crippen LogP contribution is 2.31. The number of rotatable bonds is 4. The second kappa shape index (κ2) is 6.14. The van der Waals surface area contributed by atoms with Gasteiger partial charge in [-0.15, -0.1) is 11.8 Å². The summed E-state index contributed by atoms with van der Waals surface area (Å²) in [5.74, 6) is 5.45. The van der Waals surface area contributed by atoms with Gasteiger partial charge in [0.05, 0.1) is 6.26 Å². The summed E-state index contributed by atoms with van der Waals surface area (Å²) in [6.07, 6.45) is 1.46. The first-order valence-electron chi connectivity index (χ1n) is 5.37. The largest absolute Gasteiger partial charge is 0.459 e. The smallest absolute Gasteiger partial charge is 0.301 e. The molecule has 0 bridgehead atoms. The molecule has 2 rings (SSSR count). The lowest BCUT2D eigenvalue weighted by atomic mass is 10.3. The first kappa shape index (κ1) is 14.0. The molecule has 100 valence electrons. The predicted molar refractivity (Wildman–Crippen MR) is 78.5 cm³/mol. The van der Waals surface area contributed by atoms with E-state index in [1.54, 1.807) is 6.07 Å². The monoisotopic (exact) mass is 341 g/mol. The Balaban J connectivity index is 2.10. The number of amides is 1. The van der Waals surface area contributed by atoms with Crippen LogP contribution in [0.3, 0.4) is 0 Å². The molecule has 0 saturated carbocycles. The fraction of sp³-hybridized carbons (Fsp3) is 0.0833. The summed E-state index contributed by atoms with van der Waals surface area (Å²) in [5, 5.41) is 0. The number of halogens is 1. The molecule has 0 aliphatic carbocycles. The minimum Gasteiger partial charge on any atom is -0.459 e. The summed E-state index contributed by atoms with van der Waals surface area (Å²) >= 11 is 4.88. The highest BCUT2D eigenvalue weighted by Gasteiger charge is 2.14. The Labute approximate surface area is 122 Å². The molecule has 0 radical (unpaired) electrons. The van der Waals surface area contributed by atoms with Gasteiger partial charge in [-0.2, -0.15) is 0 Å². The van der Waals surface area contributed by atoms with E-state index >= 15 is 0 Å². The van der Waals surface area contributed by atoms with E-state index in [9.17, 15) is 4.79 Å². The fourth-order valence-electron chi connectivity index (χ4n) is 1.52. The minimum absolute atomic E-state index is 0.227. The molecule has 0 atom stereocenters. The molecule has 0 saturated heterocycles. The molecule has 0 aliphatic rings. The highest BCUT2D eigenvalue weighted by molar-refractivity contribution is 9.10. The number of benzene rings is 1. The van der Waals surface area contributed by atoms with Gasteiger partial charge in [-0.05, 0) is 24.3 Å². The van der Waals surface area contributed by atoms with Crippen LogP contribution in [0.2, 0.25) is 0 Å². The Kier molecular flexibility index (Phi) is 4.52. The number of anilines is 1. The number of hydrazine groups is 1. The molecule has 5 nitrogen and oxygen atoms in total. The Morgan fingerprint density at radius 2 is 2.21 bits per heavy atom. The number of nitrogen functional groups attached to an aromatic ring is 2. The van der Waals surface area contributed by atoms with Crippen LogP contribution in [0.15, 0.2) is 44.3 Å². The number of furan rings is 1. The maximum atomic E-state index is 11.4. The normalized spacial score (nSPS) is 10.4. The molecule has 2 aromatic rings. The van der Waals surface area contributed by atoms with Gasteiger partial charge in [-0.25, -0.2) is 5.84 Å². The number of carbonyl (C=O) groups is 1. The summed E-state index contributed by atoms with van der Waals surface area (Å²) in [7, 11) is 0. The van der Waals surface area contributed by atoms with E-state index in [2.05, 4.69) is 21.4 Å². The van der Waals surface area contributed by atoms with Crippen LogP contribution in [0.25, 0.3) is 0 Å². The van der Waals surface area contributed by atoms with Gasteiger partial charge < -0.3 is 10.2 Å². The third-order valence-corrected chi connectivity index (χ3v) is 4.07. The lowest BCUT2D eigenvalue weighted by molar-refractivity contribution is 0.0925. The van der Waals surface area contributed by atoms with Gasteiger partial charge in [0.1, 0.15) is 0 Å². The van der Waals surface area contributed by atoms with Crippen LogP contribution in [0.5, 0.6) is 0 Å². The zero-order valence-corrected chi connectivity index (χ0v) is 12.3. The van der Waals surface area contributed by atoms with Gasteiger partial charge >= 0.3 is 5.91 Å². The number of thioether (sulfide) groups is 1. The number of hydrogen-bond donors (Lipinski definition) is 3. The number of hydrogen-bond acceptors (Lipinski definition) is 5. The molecule has 0 aliphatic heterocycles. The molecular formula is C12H12BrN3O2S. The van der Waals surface area contributed by atoms with E-state index < -0.39 is 5.91 Å². The molecule has 5 N–H and O–H groups in total. The van der Waals surface area contributed by atoms with Crippen LogP contribution in [0, 0.1) is 0 Å². The van der Waals surface area contributed by atoms with Crippen molar-refractivity contribution in [3.63, 3.8) is 0 Å². The molecule has 1 aromatic carbocycles. The van der Waals surface area contributed by atoms with Crippen molar-refractivity contribution in [3.8, 4) is 0 Å². The summed E-state index contributed by atoms with van der Waals surface area (Å²) in [6.45, 7) is 0. The Bertz CT molecular complexity index is 600. The molecule has 7 heteroatoms. The SMILES string of the molecule is NNC(=O)c1occc1CSc1ccc(Br)cc1N. The van der Waals surface area contributed by atoms with Crippen molar-refractivity contribution in [1.29, 1.82) is 0 Å². The van der Waals surface area contributed by atoms with Crippen LogP contribution < -0.4 is 17.0 Å². The standard InChI is InChI=1S/C12H12BrN3O2S/c13-8-1-2-10(9(14)5-8)19-6-7-3-4-18-11(7)12(17)16-15/h1-5H,6,14-15H2,(H,16,17). The van der Waals surface area contributed by atoms with Crippen molar-refractivity contribution in [2.45, 2.75) is 10.6 Å². The minimum atomic E-state index is -0.440. The summed E-state index contributed by atoms with van der Waals surface area (Å²) in [6, 6.07) is 7.42. The van der Waals surface area contributed by atoms with Gasteiger partial charge in [0, 0.05) is 26.4 Å². The number of carbonyl (C=O) groups excluding carboxylic acids is 1. The van der Waals surface area contributed by atoms with E-state index in [0.29, 0.717) is 11.4 Å². The summed E-state index contributed by atoms with van der Waals surface area (Å²) < 4.78 is 6.04. The quantitative estimate of drug-likeness (QED) is 0.261. The topological polar surface area (TPSA) is 94.3 Å². The third-order valence-electron chi connectivity index (χ3n) is 2.44. The first-order valence-corrected chi connectivity index (χ1v) is 7.15. The Morgan fingerprint density at radius 1 is 1.42 bits per heavy atom. The van der Waals surface area contributed by atoms with Crippen molar-refractivity contribution >= 4 is 39.3 Å². The van der Waals surface area contributed by atoms with E-state index in [0.717, 1.165) is 14.9 Å². The van der Waals surface area contributed by atoms with Crippen molar-refractivity contribution in [2.75, 3.05) is 5.73 Å². The molecular weight excluding hydrogens is 330 g/mol. The van der Waals surface area contributed by atoms with Gasteiger partial charge in [0.15, 0.2) is 5.76 Å². The van der Waals surface area contributed by atoms with Crippen LogP contribution in [0.4, 0.5) is 5.69 Å². The second-order valence-corrected chi connectivity index (χ2v) is 5.65. The summed E-state index contributed by atoms with van der Waals surface area (Å²) in [5.41, 5.74) is 9.42. The molecule has 0 fully saturated rings. The Morgan fingerprint density at radius 3 is 2.89 bits per heavy atom. The van der Waals surface area contributed by atoms with Gasteiger partial charge in [0.2, 0.25) is 0 Å². The van der Waals surface area contributed by atoms with Crippen LogP contribution in [-0.2, 0) is 5.75 Å². The van der Waals surface area contributed by atoms with Crippen molar-refractivity contribution in [2.24, 2.45) is 5.84 Å². The Hall–Kier alpha value is -1.44. The average molecular weight is 342 g/mol. The zero-order valence-electron chi connectivity index (χ0n) is 9.85. The maximum Gasteiger partial charge on any atom is 0.301 e. The predicted octanol–water partition coefficient (Wildman–Crippen LogP) is 2.52. The van der Waals surface area contributed by atoms with Gasteiger partial charge in [-0.3, -0.25) is 10.2 Å². The van der Waals surface area contributed by atoms with E-state index in [-0.39, 0.29) is 5.76 Å². The van der Waals surface area contributed by atoms with Crippen LogP contribution in [0.1, 0.15) is 16.1 Å². The zero-order chi connectivity index (χ0) is 13.8. The number of nitrogens with one attached hydrogen (secondary N) is 1. The van der Waals surface area contributed by atoms with Crippen molar-refractivity contribution < 1.29 is 9.21 Å². The van der Waals surface area contributed by atoms with Gasteiger partial charge in [0.25, 0.3) is 0 Å². The number of nitrogens with two attached hydrogens (primary N) is 2. The second-order valence-electron chi connectivity index (χ2n) is 3.72. The van der Waals surface area contributed by atoms with Crippen molar-refractivity contribution in [3.05, 3.63) is 46.3 Å². The molecule has 1 amide bonds. The van der Waals surface area contributed by atoms with E-state index in [1.165, 1.54) is 18.0 Å². The molecule has 0 spiro atoms. The van der Waals surface area contributed by atoms with Crippen LogP contribution in [-0.4, -0.2) is 5.91 Å². The third kappa shape index (κ3) is 3.31. The van der Waals surface area contributed by atoms with Gasteiger partial charge in [-0.1, -0.05) is 15.9 Å². The lowest BCUT2D eigenvalue weighted by Gasteiger charge is -2.05. The first-order chi connectivity index (χ1) is 9.11. The van der Waals surface area contributed by atoms with Crippen LogP contribution >= 0.6 is 27.7 Å². The van der Waals surface area contributed by atoms with E-state index in [1.807, 2.05) is 18.2 Å². The molecule has 0 unspecified atom stereocenters. The lowest BCUT2D eigenvalue weighted by Crippen LogP contribution is -2.30. The van der Waals surface area contributed by atoms with E-state index in [4.69, 9.17) is 16.0 Å². The highest BCUT2D eigenvalue weighted by atomic mass is 79.9.